The van der Waals surface area contributed by atoms with Crippen molar-refractivity contribution < 1.29 is 27.1 Å². The second kappa shape index (κ2) is 7.06. The summed E-state index contributed by atoms with van der Waals surface area (Å²) in [5, 5.41) is -0.470. The number of anilines is 1. The molecule has 0 N–H and O–H groups in total. The van der Waals surface area contributed by atoms with Gasteiger partial charge in [0.1, 0.15) is 22.8 Å². The van der Waals surface area contributed by atoms with Crippen LogP contribution in [-0.4, -0.2) is 51.2 Å². The Kier molecular flexibility index (Phi) is 5.08. The molecule has 3 heterocycles. The van der Waals surface area contributed by atoms with Gasteiger partial charge < -0.3 is 9.64 Å². The number of halogens is 6. The zero-order valence-electron chi connectivity index (χ0n) is 16.8. The van der Waals surface area contributed by atoms with E-state index < -0.39 is 52.5 Å². The van der Waals surface area contributed by atoms with Crippen LogP contribution in [0.3, 0.4) is 0 Å². The highest BCUT2D eigenvalue weighted by molar-refractivity contribution is 9.10. The van der Waals surface area contributed by atoms with Crippen molar-refractivity contribution in [1.82, 2.24) is 14.9 Å². The number of rotatable bonds is 1. The zero-order chi connectivity index (χ0) is 22.9. The molecular weight excluding hydrogens is 508 g/mol. The number of ether oxygens (including phenoxy) is 1. The average Bonchev–Trinajstić information content (AvgIpc) is 2.80. The van der Waals surface area contributed by atoms with Crippen LogP contribution in [0.5, 0.6) is 0 Å². The Hall–Kier alpha value is -1.88. The van der Waals surface area contributed by atoms with Crippen LogP contribution in [-0.2, 0) is 4.74 Å². The normalized spacial score (nSPS) is 26.0. The van der Waals surface area contributed by atoms with Crippen LogP contribution in [0, 0.1) is 11.6 Å². The first-order valence-corrected chi connectivity index (χ1v) is 10.6. The summed E-state index contributed by atoms with van der Waals surface area (Å²) in [5.74, 6) is -6.90. The molecule has 2 fully saturated rings. The number of hydrogen-bond donors (Lipinski definition) is 0. The van der Waals surface area contributed by atoms with E-state index in [2.05, 4.69) is 25.9 Å². The average molecular weight is 526 g/mol. The van der Waals surface area contributed by atoms with Crippen molar-refractivity contribution in [3.05, 3.63) is 27.5 Å². The summed E-state index contributed by atoms with van der Waals surface area (Å²) >= 11 is 8.71. The van der Waals surface area contributed by atoms with Gasteiger partial charge in [-0.05, 0) is 54.4 Å². The topological polar surface area (TPSA) is 58.6 Å². The number of hydrogen-bond acceptors (Lipinski definition) is 5. The highest BCUT2D eigenvalue weighted by Crippen LogP contribution is 2.50. The maximum atomic E-state index is 15.8. The lowest BCUT2D eigenvalue weighted by molar-refractivity contribution is -0.115. The molecule has 0 radical (unpaired) electrons. The van der Waals surface area contributed by atoms with Crippen LogP contribution in [0.15, 0.2) is 10.5 Å². The highest BCUT2D eigenvalue weighted by Gasteiger charge is 2.64. The van der Waals surface area contributed by atoms with Gasteiger partial charge in [0, 0.05) is 18.2 Å². The Balaban J connectivity index is 1.78. The molecule has 2 aromatic rings. The summed E-state index contributed by atoms with van der Waals surface area (Å²) in [4.78, 5) is 22.0. The van der Waals surface area contributed by atoms with E-state index in [-0.39, 0.29) is 34.8 Å². The van der Waals surface area contributed by atoms with Crippen LogP contribution >= 0.6 is 27.5 Å². The summed E-state index contributed by atoms with van der Waals surface area (Å²) in [6.45, 7) is 3.80. The molecule has 1 amide bonds. The molecule has 2 atom stereocenters. The van der Waals surface area contributed by atoms with E-state index in [0.717, 1.165) is 6.07 Å². The molecule has 2 bridgehead atoms. The first-order valence-electron chi connectivity index (χ1n) is 9.41. The lowest BCUT2D eigenvalue weighted by Crippen LogP contribution is -2.66. The van der Waals surface area contributed by atoms with Gasteiger partial charge >= 0.3 is 6.09 Å². The number of piperazine rings is 1. The Morgan fingerprint density at radius 1 is 1.19 bits per heavy atom. The number of carbonyl (C=O) groups excluding carboxylic acids is 1. The first-order chi connectivity index (χ1) is 14.2. The first kappa shape index (κ1) is 22.3. The molecular formula is C19H18BrClF4N4O2. The van der Waals surface area contributed by atoms with Crippen LogP contribution in [0.25, 0.3) is 10.9 Å². The highest BCUT2D eigenvalue weighted by atomic mass is 79.9. The van der Waals surface area contributed by atoms with E-state index in [1.165, 1.54) is 4.90 Å². The molecule has 1 aromatic heterocycles. The van der Waals surface area contributed by atoms with E-state index in [9.17, 15) is 13.6 Å². The van der Waals surface area contributed by atoms with E-state index in [1.807, 2.05) is 0 Å². The Morgan fingerprint density at radius 2 is 1.77 bits per heavy atom. The molecule has 2 aliphatic heterocycles. The van der Waals surface area contributed by atoms with Gasteiger partial charge in [0.2, 0.25) is 16.9 Å². The van der Waals surface area contributed by atoms with Crippen molar-refractivity contribution >= 4 is 50.3 Å². The third-order valence-electron chi connectivity index (χ3n) is 5.21. The van der Waals surface area contributed by atoms with Crippen molar-refractivity contribution in [3.63, 3.8) is 0 Å². The SMILES string of the molecule is CC(C)(C)OC(=O)N1C2(F)CCC1(F)CN(c1nc(Cl)nc3c(F)c(Br)c(F)cc13)C2. The van der Waals surface area contributed by atoms with Gasteiger partial charge in [0.25, 0.3) is 0 Å². The zero-order valence-corrected chi connectivity index (χ0v) is 19.1. The lowest BCUT2D eigenvalue weighted by Gasteiger charge is -2.47. The fourth-order valence-corrected chi connectivity index (χ4v) is 4.53. The van der Waals surface area contributed by atoms with E-state index in [0.29, 0.717) is 4.90 Å². The number of amides is 1. The second-order valence-corrected chi connectivity index (χ2v) is 9.84. The van der Waals surface area contributed by atoms with E-state index in [1.54, 1.807) is 20.8 Å². The van der Waals surface area contributed by atoms with Crippen LogP contribution in [0.2, 0.25) is 5.28 Å². The number of alkyl halides is 2. The maximum Gasteiger partial charge on any atom is 0.415 e. The van der Waals surface area contributed by atoms with Gasteiger partial charge in [-0.1, -0.05) is 0 Å². The molecule has 1 aromatic carbocycles. The quantitative estimate of drug-likeness (QED) is 0.213. The Bertz CT molecular complexity index is 1080. The second-order valence-electron chi connectivity index (χ2n) is 8.71. The molecule has 0 aliphatic carbocycles. The summed E-state index contributed by atoms with van der Waals surface area (Å²) in [6.07, 6.45) is -1.66. The molecule has 31 heavy (non-hydrogen) atoms. The minimum Gasteiger partial charge on any atom is -0.444 e. The predicted molar refractivity (Wildman–Crippen MR) is 109 cm³/mol. The number of aromatic nitrogens is 2. The van der Waals surface area contributed by atoms with Gasteiger partial charge in [0.15, 0.2) is 5.82 Å². The lowest BCUT2D eigenvalue weighted by atomic mass is 10.1. The van der Waals surface area contributed by atoms with Gasteiger partial charge in [-0.2, -0.15) is 4.98 Å². The molecule has 0 saturated carbocycles. The fourth-order valence-electron chi connectivity index (χ4n) is 4.06. The van der Waals surface area contributed by atoms with Crippen molar-refractivity contribution in [2.45, 2.75) is 50.8 Å². The monoisotopic (exact) mass is 524 g/mol. The van der Waals surface area contributed by atoms with E-state index >= 15 is 8.78 Å². The van der Waals surface area contributed by atoms with Crippen LogP contribution in [0.1, 0.15) is 33.6 Å². The largest absolute Gasteiger partial charge is 0.444 e. The van der Waals surface area contributed by atoms with Crippen molar-refractivity contribution in [2.75, 3.05) is 18.0 Å². The number of nitrogens with zero attached hydrogens (tertiary/aromatic N) is 4. The van der Waals surface area contributed by atoms with Crippen LogP contribution < -0.4 is 4.90 Å². The molecule has 4 rings (SSSR count). The predicted octanol–water partition coefficient (Wildman–Crippen LogP) is 5.51. The summed E-state index contributed by atoms with van der Waals surface area (Å²) in [5.41, 5.74) is -1.25. The summed E-state index contributed by atoms with van der Waals surface area (Å²) < 4.78 is 65.2. The number of carbonyl (C=O) groups is 1. The third-order valence-corrected chi connectivity index (χ3v) is 6.11. The molecule has 2 aliphatic rings. The summed E-state index contributed by atoms with van der Waals surface area (Å²) in [7, 11) is 0. The summed E-state index contributed by atoms with van der Waals surface area (Å²) in [6, 6.07) is 0.964. The molecule has 2 unspecified atom stereocenters. The Morgan fingerprint density at radius 3 is 2.32 bits per heavy atom. The van der Waals surface area contributed by atoms with Crippen molar-refractivity contribution in [3.8, 4) is 0 Å². The number of fused-ring (bicyclic) bond motifs is 3. The van der Waals surface area contributed by atoms with Crippen LogP contribution in [0.4, 0.5) is 28.2 Å². The minimum atomic E-state index is -2.41. The fraction of sp³-hybridized carbons (Fsp3) is 0.526. The maximum absolute atomic E-state index is 15.8. The molecule has 2 saturated heterocycles. The molecule has 12 heteroatoms. The molecule has 0 spiro atoms. The molecule has 168 valence electrons. The third kappa shape index (κ3) is 3.69. The minimum absolute atomic E-state index is 0.0973. The smallest absolute Gasteiger partial charge is 0.415 e. The van der Waals surface area contributed by atoms with Crippen molar-refractivity contribution in [1.29, 1.82) is 0 Å². The standard InChI is InChI=1S/C19H18BrClF4N4O2/c1-17(2,3)31-16(30)29-18(24)4-5-19(29,25)8-28(7-18)14-9-6-10(22)11(20)12(23)13(9)26-15(21)27-14/h6H,4-5,7-8H2,1-3H3. The van der Waals surface area contributed by atoms with Gasteiger partial charge in [0.05, 0.1) is 17.6 Å². The molecule has 6 nitrogen and oxygen atoms in total. The van der Waals surface area contributed by atoms with Crippen molar-refractivity contribution in [2.24, 2.45) is 0 Å². The Labute approximate surface area is 188 Å². The van der Waals surface area contributed by atoms with Gasteiger partial charge in [-0.3, -0.25) is 0 Å². The van der Waals surface area contributed by atoms with E-state index in [4.69, 9.17) is 16.3 Å². The van der Waals surface area contributed by atoms with Gasteiger partial charge in [-0.25, -0.2) is 32.2 Å². The van der Waals surface area contributed by atoms with Gasteiger partial charge in [-0.15, -0.1) is 0 Å². The number of benzene rings is 1.